The molecule has 1 heterocycles. The van der Waals surface area contributed by atoms with E-state index >= 15 is 0 Å². The van der Waals surface area contributed by atoms with Crippen LogP contribution in [0.15, 0.2) is 54.6 Å². The molecule has 162 valence electrons. The number of ether oxygens (including phenoxy) is 4. The van der Waals surface area contributed by atoms with Crippen LogP contribution in [0.25, 0.3) is 0 Å². The smallest absolute Gasteiger partial charge is 0.410 e. The molecule has 2 atom stereocenters. The van der Waals surface area contributed by atoms with Crippen molar-refractivity contribution < 1.29 is 23.7 Å². The van der Waals surface area contributed by atoms with E-state index in [4.69, 9.17) is 18.9 Å². The second-order valence-electron chi connectivity index (χ2n) is 8.33. The quantitative estimate of drug-likeness (QED) is 0.693. The number of hydrogen-bond donors (Lipinski definition) is 0. The van der Waals surface area contributed by atoms with Crippen molar-refractivity contribution in [2.75, 3.05) is 26.8 Å². The normalized spacial score (nSPS) is 18.0. The first kappa shape index (κ1) is 22.1. The summed E-state index contributed by atoms with van der Waals surface area (Å²) in [6, 6.07) is 17.7. The molecule has 30 heavy (non-hydrogen) atoms. The fraction of sp³-hybridized carbons (Fsp3) is 0.458. The molecule has 0 spiro atoms. The maximum atomic E-state index is 12.6. The van der Waals surface area contributed by atoms with E-state index in [-0.39, 0.29) is 18.3 Å². The number of carbonyl (C=O) groups is 1. The Morgan fingerprint density at radius 3 is 2.53 bits per heavy atom. The lowest BCUT2D eigenvalue weighted by Gasteiger charge is -2.37. The van der Waals surface area contributed by atoms with Crippen LogP contribution in [-0.4, -0.2) is 49.5 Å². The Labute approximate surface area is 178 Å². The van der Waals surface area contributed by atoms with Crippen molar-refractivity contribution in [1.29, 1.82) is 0 Å². The van der Waals surface area contributed by atoms with E-state index in [2.05, 4.69) is 0 Å². The predicted molar refractivity (Wildman–Crippen MR) is 115 cm³/mol. The van der Waals surface area contributed by atoms with Crippen LogP contribution in [0.3, 0.4) is 0 Å². The molecule has 6 nitrogen and oxygen atoms in total. The molecule has 1 amide bonds. The summed E-state index contributed by atoms with van der Waals surface area (Å²) in [6.45, 7) is 7.36. The molecular weight excluding hydrogens is 382 g/mol. The van der Waals surface area contributed by atoms with Crippen molar-refractivity contribution in [3.63, 3.8) is 0 Å². The van der Waals surface area contributed by atoms with Crippen LogP contribution in [-0.2, 0) is 20.8 Å². The summed E-state index contributed by atoms with van der Waals surface area (Å²) in [7, 11) is 1.66. The van der Waals surface area contributed by atoms with Crippen LogP contribution in [0.1, 0.15) is 38.0 Å². The summed E-state index contributed by atoms with van der Waals surface area (Å²) in [6.07, 6.45) is -1.04. The number of nitrogens with zero attached hydrogens (tertiary/aromatic N) is 1. The maximum Gasteiger partial charge on any atom is 0.410 e. The first-order chi connectivity index (χ1) is 14.4. The Balaban J connectivity index is 1.83. The van der Waals surface area contributed by atoms with Gasteiger partial charge in [0.05, 0.1) is 19.8 Å². The minimum Gasteiger partial charge on any atom is -0.483 e. The zero-order chi connectivity index (χ0) is 21.6. The first-order valence-electron chi connectivity index (χ1n) is 10.3. The van der Waals surface area contributed by atoms with Gasteiger partial charge in [0.25, 0.3) is 0 Å². The van der Waals surface area contributed by atoms with Gasteiger partial charge >= 0.3 is 6.09 Å². The Morgan fingerprint density at radius 1 is 1.13 bits per heavy atom. The van der Waals surface area contributed by atoms with E-state index in [1.807, 2.05) is 75.4 Å². The highest BCUT2D eigenvalue weighted by atomic mass is 16.6. The van der Waals surface area contributed by atoms with Gasteiger partial charge in [-0.05, 0) is 32.4 Å². The molecule has 0 aromatic heterocycles. The monoisotopic (exact) mass is 413 g/mol. The maximum absolute atomic E-state index is 12.6. The molecule has 1 aliphatic rings. The van der Waals surface area contributed by atoms with Gasteiger partial charge in [0.15, 0.2) is 6.10 Å². The SMILES string of the molecule is COCc1ccccc1OC(c1ccccc1)C1CN(C(=O)OC(C)(C)C)CCO1. The number of methoxy groups -OCH3 is 1. The molecule has 2 aromatic rings. The average molecular weight is 414 g/mol. The number of benzene rings is 2. The third kappa shape index (κ3) is 5.97. The third-order valence-electron chi connectivity index (χ3n) is 4.74. The lowest BCUT2D eigenvalue weighted by Crippen LogP contribution is -2.50. The van der Waals surface area contributed by atoms with Crippen LogP contribution in [0.2, 0.25) is 0 Å². The molecule has 3 rings (SSSR count). The van der Waals surface area contributed by atoms with Crippen molar-refractivity contribution in [3.8, 4) is 5.75 Å². The van der Waals surface area contributed by atoms with Gasteiger partial charge in [-0.3, -0.25) is 0 Å². The zero-order valence-electron chi connectivity index (χ0n) is 18.2. The zero-order valence-corrected chi connectivity index (χ0v) is 18.2. The van der Waals surface area contributed by atoms with Gasteiger partial charge in [-0.15, -0.1) is 0 Å². The Hall–Kier alpha value is -2.57. The van der Waals surface area contributed by atoms with Gasteiger partial charge in [0.1, 0.15) is 17.5 Å². The minimum absolute atomic E-state index is 0.329. The van der Waals surface area contributed by atoms with Gasteiger partial charge < -0.3 is 23.8 Å². The summed E-state index contributed by atoms with van der Waals surface area (Å²) in [5.74, 6) is 0.742. The molecule has 0 aliphatic carbocycles. The van der Waals surface area contributed by atoms with Gasteiger partial charge in [0, 0.05) is 19.2 Å². The second-order valence-corrected chi connectivity index (χ2v) is 8.33. The molecule has 0 saturated carbocycles. The molecule has 0 bridgehead atoms. The number of rotatable bonds is 6. The molecule has 2 aromatic carbocycles. The van der Waals surface area contributed by atoms with Gasteiger partial charge in [0.2, 0.25) is 0 Å². The van der Waals surface area contributed by atoms with Crippen LogP contribution in [0.5, 0.6) is 5.75 Å². The second kappa shape index (κ2) is 9.96. The van der Waals surface area contributed by atoms with Crippen molar-refractivity contribution in [2.45, 2.75) is 45.2 Å². The van der Waals surface area contributed by atoms with E-state index in [0.717, 1.165) is 16.9 Å². The molecule has 6 heteroatoms. The number of para-hydroxylation sites is 1. The molecule has 0 N–H and O–H groups in total. The number of amides is 1. The summed E-state index contributed by atoms with van der Waals surface area (Å²) in [4.78, 5) is 14.3. The van der Waals surface area contributed by atoms with Gasteiger partial charge in [-0.2, -0.15) is 0 Å². The van der Waals surface area contributed by atoms with Crippen molar-refractivity contribution >= 4 is 6.09 Å². The molecule has 1 fully saturated rings. The van der Waals surface area contributed by atoms with Crippen molar-refractivity contribution in [2.24, 2.45) is 0 Å². The number of hydrogen-bond acceptors (Lipinski definition) is 5. The Kier molecular flexibility index (Phi) is 7.34. The fourth-order valence-corrected chi connectivity index (χ4v) is 3.38. The van der Waals surface area contributed by atoms with Crippen LogP contribution < -0.4 is 4.74 Å². The minimum atomic E-state index is -0.542. The molecular formula is C24H31NO5. The number of morpholine rings is 1. The standard InChI is InChI=1S/C24H31NO5/c1-24(2,3)30-23(26)25-14-15-28-21(16-25)22(18-10-6-5-7-11-18)29-20-13-9-8-12-19(20)17-27-4/h5-13,21-22H,14-17H2,1-4H3. The van der Waals surface area contributed by atoms with Crippen molar-refractivity contribution in [1.82, 2.24) is 4.90 Å². The van der Waals surface area contributed by atoms with Gasteiger partial charge in [-0.1, -0.05) is 48.5 Å². The lowest BCUT2D eigenvalue weighted by molar-refractivity contribution is -0.0840. The largest absolute Gasteiger partial charge is 0.483 e. The Bertz CT molecular complexity index is 818. The molecule has 2 unspecified atom stereocenters. The Morgan fingerprint density at radius 2 is 1.83 bits per heavy atom. The average Bonchev–Trinajstić information content (AvgIpc) is 2.73. The van der Waals surface area contributed by atoms with Crippen LogP contribution in [0.4, 0.5) is 4.79 Å². The first-order valence-corrected chi connectivity index (χ1v) is 10.3. The molecule has 1 saturated heterocycles. The highest BCUT2D eigenvalue weighted by Crippen LogP contribution is 2.31. The number of carbonyl (C=O) groups excluding carboxylic acids is 1. The molecule has 1 aliphatic heterocycles. The van der Waals surface area contributed by atoms with Crippen LogP contribution >= 0.6 is 0 Å². The highest BCUT2D eigenvalue weighted by Gasteiger charge is 2.34. The predicted octanol–water partition coefficient (Wildman–Crippen LogP) is 4.59. The summed E-state index contributed by atoms with van der Waals surface area (Å²) in [5.41, 5.74) is 1.40. The third-order valence-corrected chi connectivity index (χ3v) is 4.74. The fourth-order valence-electron chi connectivity index (χ4n) is 3.38. The van der Waals surface area contributed by atoms with E-state index in [0.29, 0.717) is 26.3 Å². The lowest BCUT2D eigenvalue weighted by atomic mass is 10.0. The van der Waals surface area contributed by atoms with Crippen LogP contribution in [0, 0.1) is 0 Å². The van der Waals surface area contributed by atoms with E-state index in [1.165, 1.54) is 0 Å². The topological polar surface area (TPSA) is 57.2 Å². The highest BCUT2D eigenvalue weighted by molar-refractivity contribution is 5.68. The summed E-state index contributed by atoms with van der Waals surface area (Å²) >= 11 is 0. The van der Waals surface area contributed by atoms with Gasteiger partial charge in [-0.25, -0.2) is 4.79 Å². The van der Waals surface area contributed by atoms with E-state index < -0.39 is 5.60 Å². The summed E-state index contributed by atoms with van der Waals surface area (Å²) in [5, 5.41) is 0. The summed E-state index contributed by atoms with van der Waals surface area (Å²) < 4.78 is 23.4. The van der Waals surface area contributed by atoms with Crippen molar-refractivity contribution in [3.05, 3.63) is 65.7 Å². The van der Waals surface area contributed by atoms with E-state index in [9.17, 15) is 4.79 Å². The molecule has 0 radical (unpaired) electrons. The van der Waals surface area contributed by atoms with E-state index in [1.54, 1.807) is 12.0 Å².